The van der Waals surface area contributed by atoms with Crippen LogP contribution in [0.5, 0.6) is 0 Å². The van der Waals surface area contributed by atoms with Gasteiger partial charge >= 0.3 is 5.97 Å². The van der Waals surface area contributed by atoms with Crippen LogP contribution in [0.25, 0.3) is 0 Å². The highest BCUT2D eigenvalue weighted by Gasteiger charge is 2.27. The minimum atomic E-state index is -0.0590. The van der Waals surface area contributed by atoms with Crippen LogP contribution in [0.4, 0.5) is 5.69 Å². The van der Waals surface area contributed by atoms with E-state index in [1.165, 1.54) is 5.56 Å². The van der Waals surface area contributed by atoms with E-state index in [2.05, 4.69) is 43.9 Å². The Morgan fingerprint density at radius 1 is 1.32 bits per heavy atom. The van der Waals surface area contributed by atoms with Crippen LogP contribution >= 0.6 is 11.6 Å². The molecule has 1 aliphatic heterocycles. The summed E-state index contributed by atoms with van der Waals surface area (Å²) in [5.41, 5.74) is 2.40. The molecule has 0 saturated carbocycles. The van der Waals surface area contributed by atoms with E-state index in [9.17, 15) is 4.79 Å². The lowest BCUT2D eigenvalue weighted by Crippen LogP contribution is -2.37. The van der Waals surface area contributed by atoms with E-state index in [-0.39, 0.29) is 17.3 Å². The van der Waals surface area contributed by atoms with E-state index in [0.717, 1.165) is 36.6 Å². The largest absolute Gasteiger partial charge is 0.466 e. The van der Waals surface area contributed by atoms with Crippen LogP contribution in [-0.4, -0.2) is 25.7 Å². The van der Waals surface area contributed by atoms with Gasteiger partial charge in [0.2, 0.25) is 0 Å². The zero-order chi connectivity index (χ0) is 16.3. The van der Waals surface area contributed by atoms with Crippen molar-refractivity contribution in [2.75, 3.05) is 24.6 Å². The summed E-state index contributed by atoms with van der Waals surface area (Å²) >= 11 is 6.48. The predicted octanol–water partition coefficient (Wildman–Crippen LogP) is 4.42. The highest BCUT2D eigenvalue weighted by molar-refractivity contribution is 6.33. The smallest absolute Gasteiger partial charge is 0.309 e. The lowest BCUT2D eigenvalue weighted by Gasteiger charge is -2.33. The Morgan fingerprint density at radius 2 is 1.95 bits per heavy atom. The number of hydrogen-bond donors (Lipinski definition) is 0. The van der Waals surface area contributed by atoms with Crippen LogP contribution < -0.4 is 4.90 Å². The molecule has 1 fully saturated rings. The number of carbonyl (C=O) groups is 1. The summed E-state index contributed by atoms with van der Waals surface area (Å²) in [6, 6.07) is 6.32. The number of nitrogens with zero attached hydrogens (tertiary/aromatic N) is 1. The van der Waals surface area contributed by atoms with E-state index < -0.39 is 0 Å². The van der Waals surface area contributed by atoms with E-state index in [1.807, 2.05) is 6.92 Å². The number of anilines is 1. The molecule has 0 atom stereocenters. The summed E-state index contributed by atoms with van der Waals surface area (Å²) in [6.45, 7) is 10.5. The Hall–Kier alpha value is -1.22. The lowest BCUT2D eigenvalue weighted by atomic mass is 9.87. The molecular formula is C18H26ClNO2. The van der Waals surface area contributed by atoms with Crippen molar-refractivity contribution in [1.82, 2.24) is 0 Å². The minimum Gasteiger partial charge on any atom is -0.466 e. The molecule has 4 heteroatoms. The van der Waals surface area contributed by atoms with Crippen molar-refractivity contribution < 1.29 is 9.53 Å². The SMILES string of the molecule is CCOC(=O)C1CCN(c2ccc(C(C)(C)C)cc2Cl)CC1. The molecule has 0 aromatic heterocycles. The number of esters is 1. The Bertz CT molecular complexity index is 528. The van der Waals surface area contributed by atoms with Gasteiger partial charge in [0.1, 0.15) is 0 Å². The fraction of sp³-hybridized carbons (Fsp3) is 0.611. The summed E-state index contributed by atoms with van der Waals surface area (Å²) in [6.07, 6.45) is 1.66. The maximum absolute atomic E-state index is 11.8. The molecular weight excluding hydrogens is 298 g/mol. The molecule has 1 aromatic rings. The van der Waals surface area contributed by atoms with Crippen molar-refractivity contribution >= 4 is 23.3 Å². The molecule has 0 amide bonds. The molecule has 0 radical (unpaired) electrons. The maximum Gasteiger partial charge on any atom is 0.309 e. The standard InChI is InChI=1S/C18H26ClNO2/c1-5-22-17(21)13-8-10-20(11-9-13)16-7-6-14(12-15(16)19)18(2,3)4/h6-7,12-13H,5,8-11H2,1-4H3. The molecule has 122 valence electrons. The highest BCUT2D eigenvalue weighted by atomic mass is 35.5. The third-order valence-corrected chi connectivity index (χ3v) is 4.57. The second kappa shape index (κ2) is 6.91. The zero-order valence-electron chi connectivity index (χ0n) is 14.0. The van der Waals surface area contributed by atoms with Crippen LogP contribution in [0.15, 0.2) is 18.2 Å². The molecule has 1 saturated heterocycles. The number of piperidine rings is 1. The van der Waals surface area contributed by atoms with Gasteiger partial charge in [-0.05, 0) is 42.9 Å². The molecule has 1 aromatic carbocycles. The Morgan fingerprint density at radius 3 is 2.45 bits per heavy atom. The topological polar surface area (TPSA) is 29.5 Å². The summed E-state index contributed by atoms with van der Waals surface area (Å²) in [5.74, 6) is -0.0276. The Kier molecular flexibility index (Phi) is 5.38. The molecule has 0 spiro atoms. The second-order valence-electron chi connectivity index (χ2n) is 6.93. The quantitative estimate of drug-likeness (QED) is 0.771. The van der Waals surface area contributed by atoms with Gasteiger partial charge in [0.05, 0.1) is 23.2 Å². The average molecular weight is 324 g/mol. The first-order chi connectivity index (χ1) is 10.3. The Balaban J connectivity index is 2.04. The predicted molar refractivity (Wildman–Crippen MR) is 91.7 cm³/mol. The number of rotatable bonds is 3. The molecule has 1 aliphatic rings. The maximum atomic E-state index is 11.8. The fourth-order valence-electron chi connectivity index (χ4n) is 2.85. The minimum absolute atomic E-state index is 0.0313. The third kappa shape index (κ3) is 3.95. The molecule has 0 unspecified atom stereocenters. The van der Waals surface area contributed by atoms with Gasteiger partial charge in [0, 0.05) is 13.1 Å². The number of benzene rings is 1. The summed E-state index contributed by atoms with van der Waals surface area (Å²) in [5, 5.41) is 0.794. The highest BCUT2D eigenvalue weighted by Crippen LogP contribution is 2.34. The van der Waals surface area contributed by atoms with Crippen molar-refractivity contribution in [2.24, 2.45) is 5.92 Å². The molecule has 2 rings (SSSR count). The van der Waals surface area contributed by atoms with Crippen molar-refractivity contribution in [3.63, 3.8) is 0 Å². The first kappa shape index (κ1) is 17.1. The van der Waals surface area contributed by atoms with Crippen LogP contribution in [-0.2, 0) is 14.9 Å². The molecule has 0 bridgehead atoms. The van der Waals surface area contributed by atoms with E-state index in [4.69, 9.17) is 16.3 Å². The van der Waals surface area contributed by atoms with Crippen LogP contribution in [0.1, 0.15) is 46.1 Å². The molecule has 0 N–H and O–H groups in total. The third-order valence-electron chi connectivity index (χ3n) is 4.27. The zero-order valence-corrected chi connectivity index (χ0v) is 14.7. The summed E-state index contributed by atoms with van der Waals surface area (Å²) in [4.78, 5) is 14.1. The average Bonchev–Trinajstić information content (AvgIpc) is 2.46. The normalized spacial score (nSPS) is 16.7. The monoisotopic (exact) mass is 323 g/mol. The lowest BCUT2D eigenvalue weighted by molar-refractivity contribution is -0.148. The molecule has 0 aliphatic carbocycles. The van der Waals surface area contributed by atoms with Crippen molar-refractivity contribution in [3.8, 4) is 0 Å². The van der Waals surface area contributed by atoms with Crippen LogP contribution in [0.2, 0.25) is 5.02 Å². The number of halogens is 1. The molecule has 22 heavy (non-hydrogen) atoms. The van der Waals surface area contributed by atoms with E-state index in [1.54, 1.807) is 0 Å². The van der Waals surface area contributed by atoms with Gasteiger partial charge in [0.15, 0.2) is 0 Å². The van der Waals surface area contributed by atoms with E-state index >= 15 is 0 Å². The van der Waals surface area contributed by atoms with E-state index in [0.29, 0.717) is 6.61 Å². The van der Waals surface area contributed by atoms with Crippen LogP contribution in [0.3, 0.4) is 0 Å². The number of ether oxygens (including phenoxy) is 1. The van der Waals surface area contributed by atoms with Gasteiger partial charge in [-0.1, -0.05) is 38.4 Å². The van der Waals surface area contributed by atoms with Crippen molar-refractivity contribution in [3.05, 3.63) is 28.8 Å². The molecule has 3 nitrogen and oxygen atoms in total. The van der Waals surface area contributed by atoms with Gasteiger partial charge in [-0.15, -0.1) is 0 Å². The first-order valence-corrected chi connectivity index (χ1v) is 8.42. The number of carbonyl (C=O) groups excluding carboxylic acids is 1. The summed E-state index contributed by atoms with van der Waals surface area (Å²) < 4.78 is 5.12. The Labute approximate surface area is 138 Å². The molecule has 1 heterocycles. The van der Waals surface area contributed by atoms with Crippen molar-refractivity contribution in [2.45, 2.75) is 46.0 Å². The fourth-order valence-corrected chi connectivity index (χ4v) is 3.15. The number of hydrogen-bond acceptors (Lipinski definition) is 3. The van der Waals surface area contributed by atoms with Gasteiger partial charge in [-0.2, -0.15) is 0 Å². The van der Waals surface area contributed by atoms with Crippen molar-refractivity contribution in [1.29, 1.82) is 0 Å². The van der Waals surface area contributed by atoms with Gasteiger partial charge in [-0.3, -0.25) is 4.79 Å². The van der Waals surface area contributed by atoms with Crippen LogP contribution in [0, 0.1) is 5.92 Å². The van der Waals surface area contributed by atoms with Gasteiger partial charge in [-0.25, -0.2) is 0 Å². The second-order valence-corrected chi connectivity index (χ2v) is 7.34. The van der Waals surface area contributed by atoms with Gasteiger partial charge < -0.3 is 9.64 Å². The van der Waals surface area contributed by atoms with Gasteiger partial charge in [0.25, 0.3) is 0 Å². The first-order valence-electron chi connectivity index (χ1n) is 8.04. The summed E-state index contributed by atoms with van der Waals surface area (Å²) in [7, 11) is 0.